The summed E-state index contributed by atoms with van der Waals surface area (Å²) in [5, 5.41) is 9.35. The van der Waals surface area contributed by atoms with Gasteiger partial charge in [-0.25, -0.2) is 0 Å². The van der Waals surface area contributed by atoms with Crippen LogP contribution in [0.1, 0.15) is 39.2 Å². The maximum Gasteiger partial charge on any atom is 0.115 e. The number of hydrogen-bond donors (Lipinski definition) is 1. The van der Waals surface area contributed by atoms with Gasteiger partial charge in [-0.15, -0.1) is 0 Å². The van der Waals surface area contributed by atoms with Crippen LogP contribution >= 0.6 is 0 Å². The Kier molecular flexibility index (Phi) is 7.63. The fourth-order valence-corrected chi connectivity index (χ4v) is 2.81. The topological polar surface area (TPSA) is 32.7 Å². The molecule has 1 unspecified atom stereocenters. The number of rotatable bonds is 9. The molecule has 1 rings (SSSR count). The van der Waals surface area contributed by atoms with Crippen LogP contribution in [0.15, 0.2) is 24.3 Å². The standard InChI is InChI=1S/C17H29NO2/c1-5-16(6-2)18(11-12-20-4)14(3)13-15-7-9-17(19)10-8-15/h7-10,14,16,19H,5-6,11-13H2,1-4H3. The lowest BCUT2D eigenvalue weighted by atomic mass is 10.0. The van der Waals surface area contributed by atoms with Gasteiger partial charge < -0.3 is 9.84 Å². The zero-order valence-corrected chi connectivity index (χ0v) is 13.3. The van der Waals surface area contributed by atoms with E-state index in [1.165, 1.54) is 18.4 Å². The first kappa shape index (κ1) is 17.0. The molecule has 3 nitrogen and oxygen atoms in total. The molecule has 1 aromatic rings. The summed E-state index contributed by atoms with van der Waals surface area (Å²) in [5.74, 6) is 0.331. The predicted octanol–water partition coefficient (Wildman–Crippen LogP) is 3.46. The van der Waals surface area contributed by atoms with Crippen molar-refractivity contribution in [1.29, 1.82) is 0 Å². The first-order valence-electron chi connectivity index (χ1n) is 7.64. The molecule has 1 atom stereocenters. The monoisotopic (exact) mass is 279 g/mol. The average molecular weight is 279 g/mol. The van der Waals surface area contributed by atoms with Crippen LogP contribution in [0.3, 0.4) is 0 Å². The van der Waals surface area contributed by atoms with Crippen molar-refractivity contribution in [3.63, 3.8) is 0 Å². The van der Waals surface area contributed by atoms with Crippen LogP contribution in [0.25, 0.3) is 0 Å². The molecule has 0 aliphatic carbocycles. The third kappa shape index (κ3) is 5.14. The zero-order chi connectivity index (χ0) is 15.0. The van der Waals surface area contributed by atoms with Crippen molar-refractivity contribution in [2.75, 3.05) is 20.3 Å². The Hall–Kier alpha value is -1.06. The highest BCUT2D eigenvalue weighted by atomic mass is 16.5. The Bertz CT molecular complexity index is 360. The lowest BCUT2D eigenvalue weighted by Gasteiger charge is -2.35. The molecule has 0 saturated carbocycles. The van der Waals surface area contributed by atoms with Crippen LogP contribution in [0, 0.1) is 0 Å². The van der Waals surface area contributed by atoms with E-state index in [4.69, 9.17) is 4.74 Å². The highest BCUT2D eigenvalue weighted by Crippen LogP contribution is 2.17. The summed E-state index contributed by atoms with van der Waals surface area (Å²) >= 11 is 0. The number of ether oxygens (including phenoxy) is 1. The molecular weight excluding hydrogens is 250 g/mol. The van der Waals surface area contributed by atoms with Gasteiger partial charge in [-0.3, -0.25) is 4.90 Å². The first-order valence-corrected chi connectivity index (χ1v) is 7.64. The SMILES string of the molecule is CCC(CC)N(CCOC)C(C)Cc1ccc(O)cc1. The van der Waals surface area contributed by atoms with E-state index in [1.807, 2.05) is 12.1 Å². The van der Waals surface area contributed by atoms with Crippen LogP contribution in [0.4, 0.5) is 0 Å². The number of phenols is 1. The number of methoxy groups -OCH3 is 1. The number of nitrogens with zero attached hydrogens (tertiary/aromatic N) is 1. The molecule has 0 amide bonds. The molecule has 1 aromatic carbocycles. The van der Waals surface area contributed by atoms with Gasteiger partial charge in [-0.1, -0.05) is 26.0 Å². The van der Waals surface area contributed by atoms with E-state index in [0.717, 1.165) is 19.6 Å². The van der Waals surface area contributed by atoms with Gasteiger partial charge in [0, 0.05) is 25.7 Å². The Morgan fingerprint density at radius 2 is 1.75 bits per heavy atom. The van der Waals surface area contributed by atoms with E-state index >= 15 is 0 Å². The maximum atomic E-state index is 9.35. The molecular formula is C17H29NO2. The first-order chi connectivity index (χ1) is 9.62. The summed E-state index contributed by atoms with van der Waals surface area (Å²) in [7, 11) is 1.76. The molecule has 114 valence electrons. The molecule has 0 fully saturated rings. The van der Waals surface area contributed by atoms with Gasteiger partial charge in [-0.05, 0) is 43.9 Å². The Morgan fingerprint density at radius 1 is 1.15 bits per heavy atom. The van der Waals surface area contributed by atoms with Gasteiger partial charge in [0.1, 0.15) is 5.75 Å². The van der Waals surface area contributed by atoms with Gasteiger partial charge in [0.05, 0.1) is 6.61 Å². The molecule has 3 heteroatoms. The highest BCUT2D eigenvalue weighted by molar-refractivity contribution is 5.26. The molecule has 0 bridgehead atoms. The van der Waals surface area contributed by atoms with E-state index in [9.17, 15) is 5.11 Å². The van der Waals surface area contributed by atoms with Crippen molar-refractivity contribution in [3.05, 3.63) is 29.8 Å². The maximum absolute atomic E-state index is 9.35. The van der Waals surface area contributed by atoms with Gasteiger partial charge in [0.25, 0.3) is 0 Å². The molecule has 0 saturated heterocycles. The van der Waals surface area contributed by atoms with Crippen LogP contribution < -0.4 is 0 Å². The van der Waals surface area contributed by atoms with Gasteiger partial charge in [0.2, 0.25) is 0 Å². The second-order valence-corrected chi connectivity index (χ2v) is 5.42. The van der Waals surface area contributed by atoms with Crippen molar-refractivity contribution in [3.8, 4) is 5.75 Å². The molecule has 0 heterocycles. The van der Waals surface area contributed by atoms with Crippen molar-refractivity contribution in [2.24, 2.45) is 0 Å². The van der Waals surface area contributed by atoms with Crippen LogP contribution in [0.2, 0.25) is 0 Å². The smallest absolute Gasteiger partial charge is 0.115 e. The van der Waals surface area contributed by atoms with E-state index in [2.05, 4.69) is 25.7 Å². The largest absolute Gasteiger partial charge is 0.508 e. The molecule has 0 radical (unpaired) electrons. The van der Waals surface area contributed by atoms with Gasteiger partial charge in [-0.2, -0.15) is 0 Å². The molecule has 0 spiro atoms. The third-order valence-corrected chi connectivity index (χ3v) is 4.00. The summed E-state index contributed by atoms with van der Waals surface area (Å²) in [6, 6.07) is 8.62. The van der Waals surface area contributed by atoms with E-state index in [-0.39, 0.29) is 0 Å². The second-order valence-electron chi connectivity index (χ2n) is 5.42. The van der Waals surface area contributed by atoms with Gasteiger partial charge >= 0.3 is 0 Å². The summed E-state index contributed by atoms with van der Waals surface area (Å²) in [4.78, 5) is 2.55. The normalized spacial score (nSPS) is 13.1. The second kappa shape index (κ2) is 8.98. The van der Waals surface area contributed by atoms with Crippen molar-refractivity contribution < 1.29 is 9.84 Å². The molecule has 0 aliphatic rings. The minimum Gasteiger partial charge on any atom is -0.508 e. The minimum atomic E-state index is 0.331. The lowest BCUT2D eigenvalue weighted by molar-refractivity contribution is 0.0855. The Morgan fingerprint density at radius 3 is 2.25 bits per heavy atom. The van der Waals surface area contributed by atoms with Gasteiger partial charge in [0.15, 0.2) is 0 Å². The highest BCUT2D eigenvalue weighted by Gasteiger charge is 2.20. The Balaban J connectivity index is 2.70. The minimum absolute atomic E-state index is 0.331. The zero-order valence-electron chi connectivity index (χ0n) is 13.3. The number of hydrogen-bond acceptors (Lipinski definition) is 3. The lowest BCUT2D eigenvalue weighted by Crippen LogP contribution is -2.44. The average Bonchev–Trinajstić information content (AvgIpc) is 2.45. The molecule has 1 N–H and O–H groups in total. The quantitative estimate of drug-likeness (QED) is 0.751. The number of benzene rings is 1. The fraction of sp³-hybridized carbons (Fsp3) is 0.647. The third-order valence-electron chi connectivity index (χ3n) is 4.00. The summed E-state index contributed by atoms with van der Waals surface area (Å²) < 4.78 is 5.25. The van der Waals surface area contributed by atoms with E-state index < -0.39 is 0 Å². The van der Waals surface area contributed by atoms with Crippen LogP contribution in [-0.2, 0) is 11.2 Å². The summed E-state index contributed by atoms with van der Waals surface area (Å²) in [6.45, 7) is 8.53. The number of aromatic hydroxyl groups is 1. The summed E-state index contributed by atoms with van der Waals surface area (Å²) in [6.07, 6.45) is 3.33. The predicted molar refractivity (Wildman–Crippen MR) is 84.2 cm³/mol. The number of phenolic OH excluding ortho intramolecular Hbond substituents is 1. The Labute approximate surface area is 123 Å². The molecule has 20 heavy (non-hydrogen) atoms. The summed E-state index contributed by atoms with van der Waals surface area (Å²) in [5.41, 5.74) is 1.27. The van der Waals surface area contributed by atoms with Crippen LogP contribution in [0.5, 0.6) is 5.75 Å². The van der Waals surface area contributed by atoms with Crippen molar-refractivity contribution in [2.45, 2.75) is 52.1 Å². The van der Waals surface area contributed by atoms with Crippen molar-refractivity contribution in [1.82, 2.24) is 4.90 Å². The molecule has 0 aliphatic heterocycles. The van der Waals surface area contributed by atoms with Crippen molar-refractivity contribution >= 4 is 0 Å². The van der Waals surface area contributed by atoms with Crippen LogP contribution in [-0.4, -0.2) is 42.4 Å². The van der Waals surface area contributed by atoms with E-state index in [0.29, 0.717) is 17.8 Å². The fourth-order valence-electron chi connectivity index (χ4n) is 2.81. The van der Waals surface area contributed by atoms with E-state index in [1.54, 1.807) is 19.2 Å². The molecule has 0 aromatic heterocycles.